The number of hydrogen-bond acceptors (Lipinski definition) is 3. The van der Waals surface area contributed by atoms with Gasteiger partial charge in [0.05, 0.1) is 5.75 Å². The Kier molecular flexibility index (Phi) is 5.04. The summed E-state index contributed by atoms with van der Waals surface area (Å²) in [5.74, 6) is 0.880. The van der Waals surface area contributed by atoms with E-state index in [0.717, 1.165) is 25.9 Å². The molecule has 4 nitrogen and oxygen atoms in total. The lowest BCUT2D eigenvalue weighted by molar-refractivity contribution is 0.288. The molecule has 2 rings (SSSR count). The normalized spacial score (nSPS) is 27.1. The molecule has 2 fully saturated rings. The lowest BCUT2D eigenvalue weighted by Crippen LogP contribution is -2.42. The molecule has 5 heteroatoms. The molecule has 0 amide bonds. The van der Waals surface area contributed by atoms with E-state index in [1.54, 1.807) is 0 Å². The Bertz CT molecular complexity index is 350. The minimum absolute atomic E-state index is 0.254. The van der Waals surface area contributed by atoms with Gasteiger partial charge in [0.2, 0.25) is 10.0 Å². The monoisotopic (exact) mass is 274 g/mol. The Morgan fingerprint density at radius 3 is 2.56 bits per heavy atom. The Morgan fingerprint density at radius 2 is 1.89 bits per heavy atom. The smallest absolute Gasteiger partial charge is 0.215 e. The summed E-state index contributed by atoms with van der Waals surface area (Å²) in [6.45, 7) is 4.16. The highest BCUT2D eigenvalue weighted by molar-refractivity contribution is 7.89. The number of sulfonamides is 1. The van der Waals surface area contributed by atoms with Crippen LogP contribution in [-0.4, -0.2) is 44.2 Å². The summed E-state index contributed by atoms with van der Waals surface area (Å²) >= 11 is 0. The maximum Gasteiger partial charge on any atom is 0.215 e. The first-order chi connectivity index (χ1) is 8.65. The van der Waals surface area contributed by atoms with Gasteiger partial charge < -0.3 is 5.32 Å². The number of nitrogens with one attached hydrogen (secondary N) is 1. The van der Waals surface area contributed by atoms with Crippen LogP contribution < -0.4 is 5.32 Å². The molecule has 0 aromatic carbocycles. The second kappa shape index (κ2) is 6.35. The molecule has 1 aliphatic heterocycles. The lowest BCUT2D eigenvalue weighted by Gasteiger charge is -2.28. The van der Waals surface area contributed by atoms with Crippen molar-refractivity contribution in [2.75, 3.05) is 25.4 Å². The molecule has 2 aliphatic rings. The van der Waals surface area contributed by atoms with Crippen LogP contribution >= 0.6 is 0 Å². The van der Waals surface area contributed by atoms with Crippen molar-refractivity contribution in [3.05, 3.63) is 0 Å². The van der Waals surface area contributed by atoms with Crippen molar-refractivity contribution in [2.24, 2.45) is 5.92 Å². The standard InChI is InChI=1S/C13H26N2O2S/c1-2-14-9-11-18(16,17)15-10-5-8-13(15)12-6-3-4-7-12/h12-14H,2-11H2,1H3. The fourth-order valence-electron chi connectivity index (χ4n) is 3.42. The molecule has 1 aliphatic carbocycles. The third-order valence-electron chi connectivity index (χ3n) is 4.34. The van der Waals surface area contributed by atoms with Gasteiger partial charge in [-0.05, 0) is 38.1 Å². The van der Waals surface area contributed by atoms with Gasteiger partial charge in [-0.15, -0.1) is 0 Å². The molecule has 106 valence electrons. The minimum atomic E-state index is -3.05. The van der Waals surface area contributed by atoms with Gasteiger partial charge in [-0.25, -0.2) is 8.42 Å². The second-order valence-electron chi connectivity index (χ2n) is 5.53. The van der Waals surface area contributed by atoms with Crippen molar-refractivity contribution in [1.82, 2.24) is 9.62 Å². The van der Waals surface area contributed by atoms with E-state index >= 15 is 0 Å². The Labute approximate surface area is 111 Å². The summed E-state index contributed by atoms with van der Waals surface area (Å²) in [5, 5.41) is 3.11. The molecule has 1 atom stereocenters. The Morgan fingerprint density at radius 1 is 1.17 bits per heavy atom. The number of nitrogens with zero attached hydrogens (tertiary/aromatic N) is 1. The zero-order valence-electron chi connectivity index (χ0n) is 11.4. The number of rotatable bonds is 6. The van der Waals surface area contributed by atoms with Crippen molar-refractivity contribution in [1.29, 1.82) is 0 Å². The van der Waals surface area contributed by atoms with Gasteiger partial charge in [0.15, 0.2) is 0 Å². The van der Waals surface area contributed by atoms with Crippen molar-refractivity contribution in [3.63, 3.8) is 0 Å². The van der Waals surface area contributed by atoms with Gasteiger partial charge in [0.25, 0.3) is 0 Å². The summed E-state index contributed by atoms with van der Waals surface area (Å²) in [7, 11) is -3.05. The van der Waals surface area contributed by atoms with Crippen molar-refractivity contribution in [3.8, 4) is 0 Å². The van der Waals surface area contributed by atoms with Gasteiger partial charge in [0, 0.05) is 19.1 Å². The van der Waals surface area contributed by atoms with E-state index in [1.165, 1.54) is 25.7 Å². The average molecular weight is 274 g/mol. The van der Waals surface area contributed by atoms with E-state index < -0.39 is 10.0 Å². The number of hydrogen-bond donors (Lipinski definition) is 1. The first-order valence-electron chi connectivity index (χ1n) is 7.35. The molecule has 0 aromatic rings. The third-order valence-corrected chi connectivity index (χ3v) is 6.22. The average Bonchev–Trinajstić information content (AvgIpc) is 3.00. The van der Waals surface area contributed by atoms with Crippen molar-refractivity contribution in [2.45, 2.75) is 51.5 Å². The zero-order valence-corrected chi connectivity index (χ0v) is 12.2. The van der Waals surface area contributed by atoms with Crippen LogP contribution in [0.4, 0.5) is 0 Å². The van der Waals surface area contributed by atoms with E-state index in [1.807, 2.05) is 11.2 Å². The third kappa shape index (κ3) is 3.25. The summed E-state index contributed by atoms with van der Waals surface area (Å²) in [4.78, 5) is 0. The molecule has 0 aromatic heterocycles. The Hall–Kier alpha value is -0.130. The molecular weight excluding hydrogens is 248 g/mol. The van der Waals surface area contributed by atoms with Crippen LogP contribution in [0.2, 0.25) is 0 Å². The highest BCUT2D eigenvalue weighted by Crippen LogP contribution is 2.36. The van der Waals surface area contributed by atoms with Crippen LogP contribution in [-0.2, 0) is 10.0 Å². The summed E-state index contributed by atoms with van der Waals surface area (Å²) in [5.41, 5.74) is 0. The molecular formula is C13H26N2O2S. The van der Waals surface area contributed by atoms with E-state index in [0.29, 0.717) is 18.5 Å². The first kappa shape index (κ1) is 14.3. The molecule has 1 N–H and O–H groups in total. The predicted octanol–water partition coefficient (Wildman–Crippen LogP) is 1.58. The maximum absolute atomic E-state index is 12.4. The molecule has 1 unspecified atom stereocenters. The van der Waals surface area contributed by atoms with Crippen LogP contribution in [0.1, 0.15) is 45.4 Å². The quantitative estimate of drug-likeness (QED) is 0.748. The summed E-state index contributed by atoms with van der Waals surface area (Å²) < 4.78 is 26.5. The van der Waals surface area contributed by atoms with Crippen molar-refractivity contribution < 1.29 is 8.42 Å². The topological polar surface area (TPSA) is 49.4 Å². The molecule has 0 radical (unpaired) electrons. The molecule has 1 saturated carbocycles. The molecule has 0 bridgehead atoms. The van der Waals surface area contributed by atoms with Crippen LogP contribution in [0.3, 0.4) is 0 Å². The molecule has 0 spiro atoms. The maximum atomic E-state index is 12.4. The first-order valence-corrected chi connectivity index (χ1v) is 8.96. The fourth-order valence-corrected chi connectivity index (χ4v) is 5.15. The predicted molar refractivity (Wildman–Crippen MR) is 74.0 cm³/mol. The van der Waals surface area contributed by atoms with E-state index in [9.17, 15) is 8.42 Å². The zero-order chi connectivity index (χ0) is 13.0. The largest absolute Gasteiger partial charge is 0.316 e. The van der Waals surface area contributed by atoms with Gasteiger partial charge in [-0.1, -0.05) is 19.8 Å². The van der Waals surface area contributed by atoms with Crippen LogP contribution in [0.5, 0.6) is 0 Å². The summed E-state index contributed by atoms with van der Waals surface area (Å²) in [6, 6.07) is 0.305. The van der Waals surface area contributed by atoms with Crippen molar-refractivity contribution >= 4 is 10.0 Å². The lowest BCUT2D eigenvalue weighted by atomic mass is 9.97. The van der Waals surface area contributed by atoms with E-state index in [4.69, 9.17) is 0 Å². The van der Waals surface area contributed by atoms with Gasteiger partial charge >= 0.3 is 0 Å². The highest BCUT2D eigenvalue weighted by Gasteiger charge is 2.39. The second-order valence-corrected chi connectivity index (χ2v) is 7.58. The SMILES string of the molecule is CCNCCS(=O)(=O)N1CCCC1C1CCCC1. The Balaban J connectivity index is 1.96. The van der Waals surface area contributed by atoms with Gasteiger partial charge in [-0.3, -0.25) is 0 Å². The summed E-state index contributed by atoms with van der Waals surface area (Å²) in [6.07, 6.45) is 7.14. The molecule has 18 heavy (non-hydrogen) atoms. The fraction of sp³-hybridized carbons (Fsp3) is 1.00. The minimum Gasteiger partial charge on any atom is -0.316 e. The molecule has 1 heterocycles. The molecule has 1 saturated heterocycles. The van der Waals surface area contributed by atoms with Crippen LogP contribution in [0.15, 0.2) is 0 Å². The van der Waals surface area contributed by atoms with E-state index in [-0.39, 0.29) is 5.75 Å². The van der Waals surface area contributed by atoms with Gasteiger partial charge in [0.1, 0.15) is 0 Å². The van der Waals surface area contributed by atoms with E-state index in [2.05, 4.69) is 5.32 Å². The highest BCUT2D eigenvalue weighted by atomic mass is 32.2. The van der Waals surface area contributed by atoms with Crippen LogP contribution in [0, 0.1) is 5.92 Å². The van der Waals surface area contributed by atoms with Crippen LogP contribution in [0.25, 0.3) is 0 Å². The van der Waals surface area contributed by atoms with Gasteiger partial charge in [-0.2, -0.15) is 4.31 Å².